The number of hydrogen-bond acceptors (Lipinski definition) is 6. The van der Waals surface area contributed by atoms with Crippen LogP contribution in [-0.2, 0) is 4.74 Å². The van der Waals surface area contributed by atoms with Gasteiger partial charge in [-0.2, -0.15) is 4.98 Å². The zero-order valence-corrected chi connectivity index (χ0v) is 9.34. The molecule has 0 radical (unpaired) electrons. The van der Waals surface area contributed by atoms with Crippen LogP contribution in [0, 0.1) is 0 Å². The first-order chi connectivity index (χ1) is 8.74. The molecule has 0 bridgehead atoms. The summed E-state index contributed by atoms with van der Waals surface area (Å²) in [6.45, 7) is -0.0752. The molecule has 0 saturated carbocycles. The average molecular weight is 253 g/mol. The molecule has 0 saturated heterocycles. The average Bonchev–Trinajstić information content (AvgIpc) is 2.76. The van der Waals surface area contributed by atoms with Crippen LogP contribution in [-0.4, -0.2) is 40.5 Å². The Bertz CT molecular complexity index is 524. The number of aliphatic hydroxyl groups excluding tert-OH is 1. The molecule has 0 amide bonds. The van der Waals surface area contributed by atoms with Crippen molar-refractivity contribution >= 4 is 0 Å². The third kappa shape index (κ3) is 2.59. The number of hydrogen-bond donors (Lipinski definition) is 1. The Morgan fingerprint density at radius 3 is 3.39 bits per heavy atom. The van der Waals surface area contributed by atoms with E-state index in [1.807, 2.05) is 0 Å². The summed E-state index contributed by atoms with van der Waals surface area (Å²) in [6.07, 6.45) is 0.378. The lowest BCUT2D eigenvalue weighted by Crippen LogP contribution is -2.26. The first-order valence-corrected chi connectivity index (χ1v) is 5.23. The fourth-order valence-corrected chi connectivity index (χ4v) is 1.55. The van der Waals surface area contributed by atoms with Crippen LogP contribution in [0.2, 0.25) is 0 Å². The van der Waals surface area contributed by atoms with E-state index in [-0.39, 0.29) is 25.8 Å². The topological polar surface area (TPSA) is 122 Å². The minimum Gasteiger partial charge on any atom is -0.460 e. The first kappa shape index (κ1) is 12.4. The van der Waals surface area contributed by atoms with Crippen molar-refractivity contribution < 1.29 is 14.6 Å². The smallest absolute Gasteiger partial charge is 0.302 e. The summed E-state index contributed by atoms with van der Waals surface area (Å²) in [6, 6.07) is 1.46. The van der Waals surface area contributed by atoms with E-state index in [1.165, 1.54) is 12.3 Å². The summed E-state index contributed by atoms with van der Waals surface area (Å²) >= 11 is 0. The third-order valence-corrected chi connectivity index (χ3v) is 2.37. The lowest BCUT2D eigenvalue weighted by atomic mass is 10.4. The van der Waals surface area contributed by atoms with Gasteiger partial charge in [0.25, 0.3) is 5.56 Å². The van der Waals surface area contributed by atoms with Crippen LogP contribution in [0.3, 0.4) is 0 Å². The molecule has 2 atom stereocenters. The van der Waals surface area contributed by atoms with E-state index in [4.69, 9.17) is 20.1 Å². The molecule has 18 heavy (non-hydrogen) atoms. The van der Waals surface area contributed by atoms with Gasteiger partial charge in [-0.25, -0.2) is 0 Å². The zero-order valence-electron chi connectivity index (χ0n) is 9.34. The Kier molecular flexibility index (Phi) is 3.78. The minimum absolute atomic E-state index is 0.0203. The fourth-order valence-electron chi connectivity index (χ4n) is 1.55. The highest BCUT2D eigenvalue weighted by molar-refractivity contribution is 5.04. The van der Waals surface area contributed by atoms with Crippen LogP contribution >= 0.6 is 0 Å². The summed E-state index contributed by atoms with van der Waals surface area (Å²) in [7, 11) is 0. The lowest BCUT2D eigenvalue weighted by Gasteiger charge is -2.18. The highest BCUT2D eigenvalue weighted by atomic mass is 16.6. The van der Waals surface area contributed by atoms with E-state index in [2.05, 4.69) is 15.0 Å². The molecular weight excluding hydrogens is 242 g/mol. The predicted octanol–water partition coefficient (Wildman–Crippen LogP) is -0.178. The van der Waals surface area contributed by atoms with Crippen molar-refractivity contribution in [2.45, 2.75) is 12.3 Å². The van der Waals surface area contributed by atoms with E-state index in [9.17, 15) is 4.79 Å². The van der Waals surface area contributed by atoms with Crippen molar-refractivity contribution in [3.63, 3.8) is 0 Å². The summed E-state index contributed by atoms with van der Waals surface area (Å²) < 4.78 is 12.2. The van der Waals surface area contributed by atoms with Gasteiger partial charge in [-0.05, 0) is 5.53 Å². The molecule has 1 aromatic heterocycles. The minimum atomic E-state index is -0.625. The van der Waals surface area contributed by atoms with Crippen molar-refractivity contribution in [1.82, 2.24) is 9.55 Å². The second-order valence-corrected chi connectivity index (χ2v) is 3.58. The number of aromatic nitrogens is 2. The van der Waals surface area contributed by atoms with E-state index < -0.39 is 17.9 Å². The van der Waals surface area contributed by atoms with E-state index in [0.29, 0.717) is 0 Å². The maximum absolute atomic E-state index is 11.0. The summed E-state index contributed by atoms with van der Waals surface area (Å²) in [5.74, 6) is 0. The van der Waals surface area contributed by atoms with Crippen LogP contribution in [0.15, 0.2) is 22.2 Å². The van der Waals surface area contributed by atoms with Crippen LogP contribution in [0.25, 0.3) is 10.4 Å². The second kappa shape index (κ2) is 5.50. The molecule has 2 heterocycles. The first-order valence-electron chi connectivity index (χ1n) is 5.23. The van der Waals surface area contributed by atoms with Gasteiger partial charge in [0.15, 0.2) is 6.23 Å². The van der Waals surface area contributed by atoms with Gasteiger partial charge in [-0.15, -0.1) is 0 Å². The highest BCUT2D eigenvalue weighted by Gasteiger charge is 2.26. The second-order valence-electron chi connectivity index (χ2n) is 3.58. The number of ether oxygens (including phenoxy) is 2. The Morgan fingerprint density at radius 1 is 1.83 bits per heavy atom. The SMILES string of the molecule is [N-]=[N+]=NC[C@@H](CO)O[C@@H]1COc2nc(=O)ccn21. The molecule has 9 heteroatoms. The van der Waals surface area contributed by atoms with Gasteiger partial charge in [-0.1, -0.05) is 5.11 Å². The highest BCUT2D eigenvalue weighted by Crippen LogP contribution is 2.24. The normalized spacial score (nSPS) is 18.6. The number of fused-ring (bicyclic) bond motifs is 1. The largest absolute Gasteiger partial charge is 0.460 e. The Hall–Kier alpha value is -2.09. The van der Waals surface area contributed by atoms with Crippen LogP contribution in [0.5, 0.6) is 6.01 Å². The van der Waals surface area contributed by atoms with Crippen LogP contribution in [0.1, 0.15) is 6.23 Å². The van der Waals surface area contributed by atoms with Gasteiger partial charge < -0.3 is 14.6 Å². The zero-order chi connectivity index (χ0) is 13.0. The fraction of sp³-hybridized carbons (Fsp3) is 0.556. The molecule has 1 aliphatic rings. The van der Waals surface area contributed by atoms with Gasteiger partial charge in [0, 0.05) is 17.2 Å². The van der Waals surface area contributed by atoms with Crippen molar-refractivity contribution in [2.24, 2.45) is 5.11 Å². The van der Waals surface area contributed by atoms with Crippen molar-refractivity contribution in [3.8, 4) is 6.01 Å². The van der Waals surface area contributed by atoms with E-state index in [0.717, 1.165) is 0 Å². The standard InChI is InChI=1S/C9H11N5O4/c10-13-11-3-6(4-15)18-8-5-17-9-12-7(16)1-2-14(8)9/h1-2,6,8,15H,3-5H2/t6-,8+/m0/s1. The Morgan fingerprint density at radius 2 is 2.67 bits per heavy atom. The van der Waals surface area contributed by atoms with Gasteiger partial charge in [0.05, 0.1) is 19.3 Å². The van der Waals surface area contributed by atoms with Gasteiger partial charge in [0.2, 0.25) is 0 Å². The van der Waals surface area contributed by atoms with Crippen molar-refractivity contribution in [3.05, 3.63) is 33.1 Å². The number of nitrogens with zero attached hydrogens (tertiary/aromatic N) is 5. The Labute approximate surface area is 101 Å². The maximum atomic E-state index is 11.0. The molecule has 2 rings (SSSR count). The number of azide groups is 1. The van der Waals surface area contributed by atoms with E-state index in [1.54, 1.807) is 4.57 Å². The molecule has 1 aromatic rings. The molecule has 9 nitrogen and oxygen atoms in total. The van der Waals surface area contributed by atoms with E-state index >= 15 is 0 Å². The molecule has 0 unspecified atom stereocenters. The molecular formula is C9H11N5O4. The van der Waals surface area contributed by atoms with Gasteiger partial charge >= 0.3 is 6.01 Å². The van der Waals surface area contributed by atoms with Crippen molar-refractivity contribution in [1.29, 1.82) is 0 Å². The summed E-state index contributed by atoms with van der Waals surface area (Å²) in [4.78, 5) is 17.3. The molecule has 1 N–H and O–H groups in total. The Balaban J connectivity index is 2.08. The van der Waals surface area contributed by atoms with Crippen LogP contribution in [0.4, 0.5) is 0 Å². The summed E-state index contributed by atoms with van der Waals surface area (Å²) in [5, 5.41) is 12.4. The quantitative estimate of drug-likeness (QED) is 0.443. The molecule has 0 spiro atoms. The molecule has 96 valence electrons. The summed E-state index contributed by atoms with van der Waals surface area (Å²) in [5.41, 5.74) is 7.81. The lowest BCUT2D eigenvalue weighted by molar-refractivity contribution is -0.0687. The molecule has 0 fully saturated rings. The van der Waals surface area contributed by atoms with Crippen molar-refractivity contribution in [2.75, 3.05) is 19.8 Å². The van der Waals surface area contributed by atoms with Gasteiger partial charge in [0.1, 0.15) is 6.61 Å². The molecule has 0 aromatic carbocycles. The monoisotopic (exact) mass is 253 g/mol. The number of aliphatic hydroxyl groups is 1. The maximum Gasteiger partial charge on any atom is 0.302 e. The van der Waals surface area contributed by atoms with Crippen LogP contribution < -0.4 is 10.3 Å². The number of rotatable bonds is 5. The van der Waals surface area contributed by atoms with Gasteiger partial charge in [-0.3, -0.25) is 9.36 Å². The molecule has 0 aliphatic carbocycles. The predicted molar refractivity (Wildman–Crippen MR) is 59.0 cm³/mol. The molecule has 1 aliphatic heterocycles. The third-order valence-electron chi connectivity index (χ3n) is 2.37.